The van der Waals surface area contributed by atoms with Gasteiger partial charge in [0.2, 0.25) is 5.91 Å². The first-order valence-corrected chi connectivity index (χ1v) is 10.2. The smallest absolute Gasteiger partial charge is 0.413 e. The molecule has 2 unspecified atom stereocenters. The first-order chi connectivity index (χ1) is 14.1. The second-order valence-electron chi connectivity index (χ2n) is 8.66. The Kier molecular flexibility index (Phi) is 8.43. The molecule has 2 amide bonds. The number of amides is 2. The van der Waals surface area contributed by atoms with Crippen molar-refractivity contribution in [2.75, 3.05) is 27.2 Å². The molecule has 9 heteroatoms. The lowest BCUT2D eigenvalue weighted by Gasteiger charge is -2.29. The Morgan fingerprint density at radius 2 is 2.10 bits per heavy atom. The highest BCUT2D eigenvalue weighted by Crippen LogP contribution is 2.27. The minimum absolute atomic E-state index is 0.0237. The zero-order valence-corrected chi connectivity index (χ0v) is 18.4. The SMILES string of the molecule is CCC(C)(C)C[C@H](NC(=O)Oc1ccoc1)C(=O)NC1C(=O)COC1CCN(C)C. The number of carbonyl (C=O) groups excluding carboxylic acids is 3. The van der Waals surface area contributed by atoms with Gasteiger partial charge in [0.1, 0.15) is 25.0 Å². The number of Topliss-reactive ketones (excluding diaryl/α,β-unsaturated/α-hetero) is 1. The molecule has 1 aromatic rings. The summed E-state index contributed by atoms with van der Waals surface area (Å²) >= 11 is 0. The van der Waals surface area contributed by atoms with E-state index in [1.54, 1.807) is 0 Å². The van der Waals surface area contributed by atoms with Crippen molar-refractivity contribution in [1.82, 2.24) is 15.5 Å². The van der Waals surface area contributed by atoms with Crippen LogP contribution < -0.4 is 15.4 Å². The Balaban J connectivity index is 2.06. The monoisotopic (exact) mass is 423 g/mol. The van der Waals surface area contributed by atoms with E-state index in [4.69, 9.17) is 13.9 Å². The molecule has 0 aliphatic carbocycles. The van der Waals surface area contributed by atoms with Crippen molar-refractivity contribution >= 4 is 17.8 Å². The molecule has 0 saturated carbocycles. The summed E-state index contributed by atoms with van der Waals surface area (Å²) in [6, 6.07) is -0.0900. The average molecular weight is 424 g/mol. The van der Waals surface area contributed by atoms with E-state index < -0.39 is 24.1 Å². The van der Waals surface area contributed by atoms with E-state index in [1.165, 1.54) is 18.6 Å². The van der Waals surface area contributed by atoms with Gasteiger partial charge in [-0.1, -0.05) is 27.2 Å². The molecule has 1 aromatic heterocycles. The third-order valence-corrected chi connectivity index (χ3v) is 5.34. The van der Waals surface area contributed by atoms with Crippen LogP contribution in [0.2, 0.25) is 0 Å². The largest absolute Gasteiger partial charge is 0.469 e. The van der Waals surface area contributed by atoms with Crippen molar-refractivity contribution < 1.29 is 28.3 Å². The minimum Gasteiger partial charge on any atom is -0.469 e. The summed E-state index contributed by atoms with van der Waals surface area (Å²) in [5, 5.41) is 5.42. The number of carbonyl (C=O) groups is 3. The summed E-state index contributed by atoms with van der Waals surface area (Å²) in [5.41, 5.74) is -0.203. The molecule has 0 bridgehead atoms. The van der Waals surface area contributed by atoms with Crippen molar-refractivity contribution in [1.29, 1.82) is 0 Å². The third-order valence-electron chi connectivity index (χ3n) is 5.34. The van der Waals surface area contributed by atoms with Crippen LogP contribution in [0, 0.1) is 5.41 Å². The zero-order valence-electron chi connectivity index (χ0n) is 18.4. The fourth-order valence-electron chi connectivity index (χ4n) is 3.14. The van der Waals surface area contributed by atoms with Crippen LogP contribution in [0.15, 0.2) is 23.0 Å². The van der Waals surface area contributed by atoms with E-state index in [0.717, 1.165) is 13.0 Å². The molecular weight excluding hydrogens is 390 g/mol. The Hall–Kier alpha value is -2.39. The van der Waals surface area contributed by atoms with E-state index in [9.17, 15) is 14.4 Å². The summed E-state index contributed by atoms with van der Waals surface area (Å²) < 4.78 is 15.6. The first kappa shape index (κ1) is 23.9. The third kappa shape index (κ3) is 7.14. The molecule has 1 aliphatic rings. The van der Waals surface area contributed by atoms with Gasteiger partial charge in [-0.15, -0.1) is 0 Å². The fourth-order valence-corrected chi connectivity index (χ4v) is 3.14. The number of hydrogen-bond donors (Lipinski definition) is 2. The molecule has 2 heterocycles. The van der Waals surface area contributed by atoms with Crippen molar-refractivity contribution in [3.8, 4) is 5.75 Å². The van der Waals surface area contributed by atoms with Crippen LogP contribution in [-0.2, 0) is 14.3 Å². The van der Waals surface area contributed by atoms with Gasteiger partial charge in [-0.2, -0.15) is 0 Å². The highest BCUT2D eigenvalue weighted by Gasteiger charge is 2.39. The standard InChI is InChI=1S/C21H33N3O6/c1-6-21(2,3)11-15(22-20(27)30-14-8-10-28-12-14)19(26)23-18-16(25)13-29-17(18)7-9-24(4)5/h8,10,12,15,17-18H,6-7,9,11,13H2,1-5H3,(H,22,27)(H,23,26)/t15-,17?,18?/m0/s1. The van der Waals surface area contributed by atoms with Crippen LogP contribution in [0.3, 0.4) is 0 Å². The molecule has 0 aromatic carbocycles. The van der Waals surface area contributed by atoms with Gasteiger partial charge in [0.25, 0.3) is 0 Å². The predicted molar refractivity (Wildman–Crippen MR) is 110 cm³/mol. The van der Waals surface area contributed by atoms with Gasteiger partial charge < -0.3 is 29.4 Å². The van der Waals surface area contributed by atoms with Gasteiger partial charge in [0, 0.05) is 12.6 Å². The Labute approximate surface area is 177 Å². The molecule has 1 saturated heterocycles. The quantitative estimate of drug-likeness (QED) is 0.592. The maximum Gasteiger partial charge on any atom is 0.413 e. The topological polar surface area (TPSA) is 110 Å². The summed E-state index contributed by atoms with van der Waals surface area (Å²) in [6.45, 7) is 6.75. The highest BCUT2D eigenvalue weighted by molar-refractivity contribution is 5.94. The van der Waals surface area contributed by atoms with E-state index in [-0.39, 0.29) is 29.7 Å². The number of hydrogen-bond acceptors (Lipinski definition) is 7. The average Bonchev–Trinajstić information content (AvgIpc) is 3.29. The number of ether oxygens (including phenoxy) is 2. The zero-order chi connectivity index (χ0) is 22.3. The van der Waals surface area contributed by atoms with E-state index in [1.807, 2.05) is 39.8 Å². The molecule has 2 N–H and O–H groups in total. The van der Waals surface area contributed by atoms with Crippen molar-refractivity contribution in [2.24, 2.45) is 5.41 Å². The van der Waals surface area contributed by atoms with E-state index >= 15 is 0 Å². The molecular formula is C21H33N3O6. The van der Waals surface area contributed by atoms with Gasteiger partial charge in [0.15, 0.2) is 11.5 Å². The molecule has 168 valence electrons. The molecule has 0 spiro atoms. The number of nitrogens with zero attached hydrogens (tertiary/aromatic N) is 1. The molecule has 0 radical (unpaired) electrons. The van der Waals surface area contributed by atoms with Crippen molar-refractivity contribution in [3.63, 3.8) is 0 Å². The van der Waals surface area contributed by atoms with E-state index in [0.29, 0.717) is 12.8 Å². The Bertz CT molecular complexity index is 716. The van der Waals surface area contributed by atoms with Crippen LogP contribution >= 0.6 is 0 Å². The van der Waals surface area contributed by atoms with Gasteiger partial charge >= 0.3 is 6.09 Å². The molecule has 1 aliphatic heterocycles. The fraction of sp³-hybridized carbons (Fsp3) is 0.667. The number of furan rings is 1. The summed E-state index contributed by atoms with van der Waals surface area (Å²) in [4.78, 5) is 39.6. The first-order valence-electron chi connectivity index (χ1n) is 10.2. The van der Waals surface area contributed by atoms with Crippen LogP contribution in [0.25, 0.3) is 0 Å². The lowest BCUT2D eigenvalue weighted by molar-refractivity contribution is -0.128. The Morgan fingerprint density at radius 3 is 2.70 bits per heavy atom. The van der Waals surface area contributed by atoms with Gasteiger partial charge in [0.05, 0.1) is 12.4 Å². The maximum atomic E-state index is 13.0. The van der Waals surface area contributed by atoms with Crippen LogP contribution in [0.5, 0.6) is 5.75 Å². The summed E-state index contributed by atoms with van der Waals surface area (Å²) in [5.74, 6) is -0.356. The minimum atomic E-state index is -0.859. The predicted octanol–water partition coefficient (Wildman–Crippen LogP) is 1.97. The van der Waals surface area contributed by atoms with E-state index in [2.05, 4.69) is 10.6 Å². The van der Waals surface area contributed by atoms with Crippen molar-refractivity contribution in [3.05, 3.63) is 18.6 Å². The molecule has 1 fully saturated rings. The second-order valence-corrected chi connectivity index (χ2v) is 8.66. The lowest BCUT2D eigenvalue weighted by Crippen LogP contribution is -2.55. The number of nitrogens with one attached hydrogen (secondary N) is 2. The second kappa shape index (κ2) is 10.6. The normalized spacial score (nSPS) is 20.3. The summed E-state index contributed by atoms with van der Waals surface area (Å²) in [7, 11) is 3.87. The Morgan fingerprint density at radius 1 is 1.37 bits per heavy atom. The maximum absolute atomic E-state index is 13.0. The van der Waals surface area contributed by atoms with Crippen LogP contribution in [0.4, 0.5) is 4.79 Å². The highest BCUT2D eigenvalue weighted by atomic mass is 16.6. The number of rotatable bonds is 10. The molecule has 9 nitrogen and oxygen atoms in total. The van der Waals surface area contributed by atoms with Gasteiger partial charge in [-0.25, -0.2) is 4.79 Å². The lowest BCUT2D eigenvalue weighted by atomic mass is 9.83. The number of ketones is 1. The molecule has 2 rings (SSSR count). The van der Waals surface area contributed by atoms with Crippen LogP contribution in [0.1, 0.15) is 40.0 Å². The molecule has 3 atom stereocenters. The molecule has 30 heavy (non-hydrogen) atoms. The van der Waals surface area contributed by atoms with Crippen LogP contribution in [-0.4, -0.2) is 68.1 Å². The van der Waals surface area contributed by atoms with Gasteiger partial charge in [-0.3, -0.25) is 9.59 Å². The van der Waals surface area contributed by atoms with Gasteiger partial charge in [-0.05, 0) is 32.4 Å². The summed E-state index contributed by atoms with van der Waals surface area (Å²) in [6.07, 6.45) is 3.33. The van der Waals surface area contributed by atoms with Crippen molar-refractivity contribution in [2.45, 2.75) is 58.2 Å².